The number of hydrogen-bond donors (Lipinski definition) is 1. The third-order valence-corrected chi connectivity index (χ3v) is 4.67. The fourth-order valence-corrected chi connectivity index (χ4v) is 3.35. The Morgan fingerprint density at radius 1 is 1.22 bits per heavy atom. The molecule has 0 unspecified atom stereocenters. The van der Waals surface area contributed by atoms with Crippen LogP contribution in [0.4, 0.5) is 4.39 Å². The van der Waals surface area contributed by atoms with Crippen LogP contribution in [0.15, 0.2) is 41.0 Å². The first-order chi connectivity index (χ1) is 11.1. The number of amides is 1. The van der Waals surface area contributed by atoms with Gasteiger partial charge < -0.3 is 14.4 Å². The summed E-state index contributed by atoms with van der Waals surface area (Å²) in [4.78, 5) is 14.6. The molecule has 5 heteroatoms. The lowest BCUT2D eigenvalue weighted by Crippen LogP contribution is -2.32. The van der Waals surface area contributed by atoms with Crippen molar-refractivity contribution in [2.75, 3.05) is 6.54 Å². The summed E-state index contributed by atoms with van der Waals surface area (Å²) in [5.41, 5.74) is 1.43. The summed E-state index contributed by atoms with van der Waals surface area (Å²) in [5, 5.41) is 10.0. The quantitative estimate of drug-likeness (QED) is 0.946. The Kier molecular flexibility index (Phi) is 3.45. The van der Waals surface area contributed by atoms with Crippen LogP contribution in [0, 0.1) is 5.82 Å². The van der Waals surface area contributed by atoms with E-state index >= 15 is 0 Å². The molecule has 2 aromatic rings. The van der Waals surface area contributed by atoms with E-state index in [2.05, 4.69) is 0 Å². The number of halogens is 1. The number of carbonyl (C=O) groups is 1. The molecule has 1 aromatic carbocycles. The SMILES string of the molecule is O=C(c1ccoc1C1CC1)N1C[C@@H](O)C[C@@H]1c1ccc(F)cc1. The molecule has 1 saturated heterocycles. The van der Waals surface area contributed by atoms with Crippen molar-refractivity contribution in [1.82, 2.24) is 4.90 Å². The maximum absolute atomic E-state index is 13.1. The lowest BCUT2D eigenvalue weighted by molar-refractivity contribution is 0.0713. The second-order valence-electron chi connectivity index (χ2n) is 6.39. The van der Waals surface area contributed by atoms with Crippen molar-refractivity contribution in [3.63, 3.8) is 0 Å². The summed E-state index contributed by atoms with van der Waals surface area (Å²) in [5.74, 6) is 0.678. The van der Waals surface area contributed by atoms with Gasteiger partial charge in [0, 0.05) is 12.5 Å². The Labute approximate surface area is 133 Å². The highest BCUT2D eigenvalue weighted by Gasteiger charge is 2.39. The number of aliphatic hydroxyl groups excluding tert-OH is 1. The Hall–Kier alpha value is -2.14. The molecule has 1 aromatic heterocycles. The summed E-state index contributed by atoms with van der Waals surface area (Å²) in [6.07, 6.45) is 3.56. The molecule has 0 radical (unpaired) electrons. The van der Waals surface area contributed by atoms with Crippen molar-refractivity contribution < 1.29 is 18.7 Å². The molecule has 1 aliphatic carbocycles. The zero-order chi connectivity index (χ0) is 16.0. The van der Waals surface area contributed by atoms with Crippen molar-refractivity contribution >= 4 is 5.91 Å². The van der Waals surface area contributed by atoms with Crippen LogP contribution in [0.1, 0.15) is 52.9 Å². The van der Waals surface area contributed by atoms with Crippen molar-refractivity contribution in [3.8, 4) is 0 Å². The first-order valence-electron chi connectivity index (χ1n) is 7.95. The van der Waals surface area contributed by atoms with E-state index in [1.807, 2.05) is 0 Å². The Morgan fingerprint density at radius 2 is 1.96 bits per heavy atom. The largest absolute Gasteiger partial charge is 0.468 e. The molecule has 4 rings (SSSR count). The second-order valence-corrected chi connectivity index (χ2v) is 6.39. The van der Waals surface area contributed by atoms with Crippen molar-refractivity contribution in [3.05, 3.63) is 59.3 Å². The molecule has 0 spiro atoms. The molecule has 2 aliphatic rings. The van der Waals surface area contributed by atoms with Gasteiger partial charge in [-0.1, -0.05) is 12.1 Å². The fourth-order valence-electron chi connectivity index (χ4n) is 3.35. The fraction of sp³-hybridized carbons (Fsp3) is 0.389. The van der Waals surface area contributed by atoms with Crippen LogP contribution < -0.4 is 0 Å². The highest BCUT2D eigenvalue weighted by molar-refractivity contribution is 5.96. The summed E-state index contributed by atoms with van der Waals surface area (Å²) < 4.78 is 18.6. The maximum Gasteiger partial charge on any atom is 0.258 e. The monoisotopic (exact) mass is 315 g/mol. The van der Waals surface area contributed by atoms with E-state index in [-0.39, 0.29) is 24.3 Å². The van der Waals surface area contributed by atoms with Crippen LogP contribution >= 0.6 is 0 Å². The molecule has 1 aliphatic heterocycles. The van der Waals surface area contributed by atoms with Gasteiger partial charge in [-0.05, 0) is 43.0 Å². The first kappa shape index (κ1) is 14.5. The summed E-state index contributed by atoms with van der Waals surface area (Å²) in [6, 6.07) is 7.60. The van der Waals surface area contributed by atoms with Crippen LogP contribution in [0.5, 0.6) is 0 Å². The number of β-amino-alcohol motifs (C(OH)–C–C–N with tert-alkyl or cyclic N) is 1. The molecule has 4 nitrogen and oxygen atoms in total. The molecule has 2 atom stereocenters. The van der Waals surface area contributed by atoms with Crippen molar-refractivity contribution in [1.29, 1.82) is 0 Å². The van der Waals surface area contributed by atoms with Crippen molar-refractivity contribution in [2.45, 2.75) is 37.3 Å². The van der Waals surface area contributed by atoms with Gasteiger partial charge in [0.2, 0.25) is 0 Å². The minimum absolute atomic E-state index is 0.119. The average molecular weight is 315 g/mol. The lowest BCUT2D eigenvalue weighted by Gasteiger charge is -2.24. The van der Waals surface area contributed by atoms with Gasteiger partial charge in [0.05, 0.1) is 24.0 Å². The molecular weight excluding hydrogens is 297 g/mol. The normalized spacial score (nSPS) is 24.2. The molecule has 1 amide bonds. The Balaban J connectivity index is 1.64. The predicted octanol–water partition coefficient (Wildman–Crippen LogP) is 3.24. The molecule has 2 heterocycles. The van der Waals surface area contributed by atoms with Gasteiger partial charge in [-0.3, -0.25) is 4.79 Å². The number of carbonyl (C=O) groups excluding carboxylic acids is 1. The smallest absolute Gasteiger partial charge is 0.258 e. The molecule has 23 heavy (non-hydrogen) atoms. The Bertz CT molecular complexity index is 720. The van der Waals surface area contributed by atoms with Crippen LogP contribution in [0.2, 0.25) is 0 Å². The highest BCUT2D eigenvalue weighted by atomic mass is 19.1. The zero-order valence-corrected chi connectivity index (χ0v) is 12.6. The minimum atomic E-state index is -0.565. The van der Waals surface area contributed by atoms with Crippen LogP contribution in [0.3, 0.4) is 0 Å². The van der Waals surface area contributed by atoms with Gasteiger partial charge in [-0.2, -0.15) is 0 Å². The van der Waals surface area contributed by atoms with E-state index in [1.165, 1.54) is 12.1 Å². The molecule has 1 saturated carbocycles. The Morgan fingerprint density at radius 3 is 2.65 bits per heavy atom. The highest BCUT2D eigenvalue weighted by Crippen LogP contribution is 2.43. The predicted molar refractivity (Wildman–Crippen MR) is 81.5 cm³/mol. The van der Waals surface area contributed by atoms with E-state index in [9.17, 15) is 14.3 Å². The molecule has 0 bridgehead atoms. The molecule has 2 fully saturated rings. The maximum atomic E-state index is 13.1. The van der Waals surface area contributed by atoms with E-state index < -0.39 is 6.10 Å². The number of hydrogen-bond acceptors (Lipinski definition) is 3. The standard InChI is InChI=1S/C18H18FNO3/c19-13-5-3-11(4-6-13)16-9-14(21)10-20(16)18(22)15-7-8-23-17(15)12-1-2-12/h3-8,12,14,16,21H,1-2,9-10H2/t14-,16+/m0/s1. The third kappa shape index (κ3) is 2.65. The lowest BCUT2D eigenvalue weighted by atomic mass is 10.0. The van der Waals surface area contributed by atoms with Gasteiger partial charge in [-0.25, -0.2) is 4.39 Å². The summed E-state index contributed by atoms with van der Waals surface area (Å²) >= 11 is 0. The van der Waals surface area contributed by atoms with Crippen LogP contribution in [-0.2, 0) is 0 Å². The third-order valence-electron chi connectivity index (χ3n) is 4.67. The number of benzene rings is 1. The van der Waals surface area contributed by atoms with Gasteiger partial charge in [0.25, 0.3) is 5.91 Å². The minimum Gasteiger partial charge on any atom is -0.468 e. The van der Waals surface area contributed by atoms with E-state index in [0.29, 0.717) is 17.9 Å². The molecule has 120 valence electrons. The van der Waals surface area contributed by atoms with Gasteiger partial charge in [0.15, 0.2) is 0 Å². The van der Waals surface area contributed by atoms with Gasteiger partial charge in [0.1, 0.15) is 11.6 Å². The van der Waals surface area contributed by atoms with Gasteiger partial charge in [-0.15, -0.1) is 0 Å². The second kappa shape index (κ2) is 5.49. The molecular formula is C18H18FNO3. The number of rotatable bonds is 3. The van der Waals surface area contributed by atoms with E-state index in [1.54, 1.807) is 29.4 Å². The van der Waals surface area contributed by atoms with E-state index in [4.69, 9.17) is 4.42 Å². The number of likely N-dealkylation sites (tertiary alicyclic amines) is 1. The number of nitrogens with zero attached hydrogens (tertiary/aromatic N) is 1. The van der Waals surface area contributed by atoms with E-state index in [0.717, 1.165) is 24.2 Å². The zero-order valence-electron chi connectivity index (χ0n) is 12.6. The average Bonchev–Trinajstić information content (AvgIpc) is 3.14. The van der Waals surface area contributed by atoms with Gasteiger partial charge >= 0.3 is 0 Å². The van der Waals surface area contributed by atoms with Crippen LogP contribution in [-0.4, -0.2) is 28.6 Å². The topological polar surface area (TPSA) is 53.7 Å². The summed E-state index contributed by atoms with van der Waals surface area (Å²) in [7, 11) is 0. The summed E-state index contributed by atoms with van der Waals surface area (Å²) in [6.45, 7) is 0.288. The first-order valence-corrected chi connectivity index (χ1v) is 7.95. The molecule has 1 N–H and O–H groups in total. The van der Waals surface area contributed by atoms with Crippen molar-refractivity contribution in [2.24, 2.45) is 0 Å². The number of aliphatic hydroxyl groups is 1. The number of furan rings is 1. The van der Waals surface area contributed by atoms with Crippen LogP contribution in [0.25, 0.3) is 0 Å².